The highest BCUT2D eigenvalue weighted by Gasteiger charge is 2.19. The lowest BCUT2D eigenvalue weighted by Gasteiger charge is -2.18. The van der Waals surface area contributed by atoms with Gasteiger partial charge in [-0.05, 0) is 44.9 Å². The summed E-state index contributed by atoms with van der Waals surface area (Å²) in [4.78, 5) is 37.3. The topological polar surface area (TPSA) is 78.9 Å². The van der Waals surface area contributed by atoms with Gasteiger partial charge in [0.2, 0.25) is 0 Å². The van der Waals surface area contributed by atoms with Gasteiger partial charge in [-0.25, -0.2) is 0 Å². The quantitative estimate of drug-likeness (QED) is 0.0277. The van der Waals surface area contributed by atoms with E-state index in [-0.39, 0.29) is 31.1 Å². The molecule has 0 aliphatic rings. The molecule has 288 valence electrons. The minimum absolute atomic E-state index is 0.0692. The van der Waals surface area contributed by atoms with E-state index < -0.39 is 6.10 Å². The summed E-state index contributed by atoms with van der Waals surface area (Å²) in [6.07, 6.45) is 39.3. The lowest BCUT2D eigenvalue weighted by Crippen LogP contribution is -2.30. The van der Waals surface area contributed by atoms with E-state index in [0.717, 1.165) is 57.8 Å². The van der Waals surface area contributed by atoms with Gasteiger partial charge in [0.1, 0.15) is 13.2 Å². The normalized spacial score (nSPS) is 12.0. The SMILES string of the molecule is CCCCCCCC/C=C\CCCCCCCCCC(=O)OCC(COC(=O)CCCCCCCCC)OC(=O)CCCCCCCCC. The Balaban J connectivity index is 4.18. The molecule has 6 nitrogen and oxygen atoms in total. The third-order valence-electron chi connectivity index (χ3n) is 9.27. The zero-order chi connectivity index (χ0) is 35.9. The zero-order valence-corrected chi connectivity index (χ0v) is 32.7. The van der Waals surface area contributed by atoms with E-state index in [2.05, 4.69) is 32.9 Å². The number of ether oxygens (including phenoxy) is 3. The van der Waals surface area contributed by atoms with Crippen molar-refractivity contribution in [3.63, 3.8) is 0 Å². The van der Waals surface area contributed by atoms with Crippen molar-refractivity contribution >= 4 is 17.9 Å². The standard InChI is InChI=1S/C43H80O6/c1-4-7-10-13-16-17-18-19-20-21-22-23-24-25-28-30-33-36-42(45)48-39-40(49-43(46)37-34-31-27-15-12-9-6-3)38-47-41(44)35-32-29-26-14-11-8-5-2/h19-20,40H,4-18,21-39H2,1-3H3/b20-19-. The maximum absolute atomic E-state index is 12.5. The summed E-state index contributed by atoms with van der Waals surface area (Å²) in [5.74, 6) is -0.884. The molecule has 1 atom stereocenters. The van der Waals surface area contributed by atoms with Crippen molar-refractivity contribution < 1.29 is 28.6 Å². The summed E-state index contributed by atoms with van der Waals surface area (Å²) in [5.41, 5.74) is 0. The molecule has 6 heteroatoms. The van der Waals surface area contributed by atoms with Crippen LogP contribution in [0, 0.1) is 0 Å². The fourth-order valence-electron chi connectivity index (χ4n) is 6.02. The Bertz CT molecular complexity index is 763. The van der Waals surface area contributed by atoms with E-state index in [1.165, 1.54) is 128 Å². The molecule has 0 spiro atoms. The molecule has 0 aromatic rings. The highest BCUT2D eigenvalue weighted by atomic mass is 16.6. The average Bonchev–Trinajstić information content (AvgIpc) is 3.10. The van der Waals surface area contributed by atoms with Crippen LogP contribution in [0.5, 0.6) is 0 Å². The van der Waals surface area contributed by atoms with Crippen LogP contribution in [-0.2, 0) is 28.6 Å². The molecule has 0 N–H and O–H groups in total. The Kier molecular flexibility index (Phi) is 37.5. The lowest BCUT2D eigenvalue weighted by atomic mass is 10.1. The molecule has 49 heavy (non-hydrogen) atoms. The third-order valence-corrected chi connectivity index (χ3v) is 9.27. The van der Waals surface area contributed by atoms with Gasteiger partial charge in [-0.3, -0.25) is 14.4 Å². The second-order valence-corrected chi connectivity index (χ2v) is 14.3. The Morgan fingerprint density at radius 3 is 1.02 bits per heavy atom. The first-order valence-corrected chi connectivity index (χ1v) is 21.2. The summed E-state index contributed by atoms with van der Waals surface area (Å²) < 4.78 is 16.5. The van der Waals surface area contributed by atoms with Gasteiger partial charge >= 0.3 is 17.9 Å². The van der Waals surface area contributed by atoms with Crippen molar-refractivity contribution in [2.75, 3.05) is 13.2 Å². The average molecular weight is 693 g/mol. The van der Waals surface area contributed by atoms with Gasteiger partial charge < -0.3 is 14.2 Å². The van der Waals surface area contributed by atoms with E-state index >= 15 is 0 Å². The molecule has 0 heterocycles. The fourth-order valence-corrected chi connectivity index (χ4v) is 6.02. The van der Waals surface area contributed by atoms with Crippen LogP contribution in [0.25, 0.3) is 0 Å². The van der Waals surface area contributed by atoms with E-state index in [4.69, 9.17) is 14.2 Å². The molecule has 0 bridgehead atoms. The largest absolute Gasteiger partial charge is 0.462 e. The summed E-state index contributed by atoms with van der Waals surface area (Å²) >= 11 is 0. The zero-order valence-electron chi connectivity index (χ0n) is 32.7. The van der Waals surface area contributed by atoms with Crippen molar-refractivity contribution in [1.82, 2.24) is 0 Å². The smallest absolute Gasteiger partial charge is 0.306 e. The van der Waals surface area contributed by atoms with Crippen molar-refractivity contribution in [2.45, 2.75) is 232 Å². The minimum atomic E-state index is -0.760. The molecule has 0 saturated heterocycles. The monoisotopic (exact) mass is 693 g/mol. The van der Waals surface area contributed by atoms with Gasteiger partial charge in [0.05, 0.1) is 0 Å². The van der Waals surface area contributed by atoms with Crippen LogP contribution in [0.4, 0.5) is 0 Å². The molecular formula is C43H80O6. The first-order chi connectivity index (χ1) is 24.0. The third kappa shape index (κ3) is 37.2. The van der Waals surface area contributed by atoms with Gasteiger partial charge in [0, 0.05) is 19.3 Å². The number of hydrogen-bond acceptors (Lipinski definition) is 6. The van der Waals surface area contributed by atoms with E-state index in [9.17, 15) is 14.4 Å². The number of hydrogen-bond donors (Lipinski definition) is 0. The first-order valence-electron chi connectivity index (χ1n) is 21.2. The second-order valence-electron chi connectivity index (χ2n) is 14.3. The van der Waals surface area contributed by atoms with Crippen molar-refractivity contribution in [3.8, 4) is 0 Å². The number of unbranched alkanes of at least 4 members (excludes halogenated alkanes) is 25. The van der Waals surface area contributed by atoms with Crippen LogP contribution >= 0.6 is 0 Å². The van der Waals surface area contributed by atoms with Crippen LogP contribution in [0.2, 0.25) is 0 Å². The fraction of sp³-hybridized carbons (Fsp3) is 0.884. The predicted octanol–water partition coefficient (Wildman–Crippen LogP) is 13.1. The van der Waals surface area contributed by atoms with Crippen LogP contribution in [0.15, 0.2) is 12.2 Å². The molecule has 1 unspecified atom stereocenters. The summed E-state index contributed by atoms with van der Waals surface area (Å²) in [5, 5.41) is 0. The molecule has 0 saturated carbocycles. The van der Waals surface area contributed by atoms with Crippen LogP contribution in [0.3, 0.4) is 0 Å². The molecular weight excluding hydrogens is 612 g/mol. The molecule has 0 aromatic heterocycles. The van der Waals surface area contributed by atoms with Crippen LogP contribution in [0.1, 0.15) is 226 Å². The minimum Gasteiger partial charge on any atom is -0.462 e. The van der Waals surface area contributed by atoms with E-state index in [1.54, 1.807) is 0 Å². The molecule has 0 aliphatic heterocycles. The van der Waals surface area contributed by atoms with Gasteiger partial charge in [-0.2, -0.15) is 0 Å². The van der Waals surface area contributed by atoms with Crippen molar-refractivity contribution in [3.05, 3.63) is 12.2 Å². The number of carbonyl (C=O) groups excluding carboxylic acids is 3. The maximum atomic E-state index is 12.5. The lowest BCUT2D eigenvalue weighted by molar-refractivity contribution is -0.167. The van der Waals surface area contributed by atoms with E-state index in [0.29, 0.717) is 19.3 Å². The molecule has 0 amide bonds. The molecule has 0 rings (SSSR count). The van der Waals surface area contributed by atoms with Crippen molar-refractivity contribution in [2.24, 2.45) is 0 Å². The predicted molar refractivity (Wildman–Crippen MR) is 206 cm³/mol. The number of carbonyl (C=O) groups is 3. The summed E-state index contributed by atoms with van der Waals surface area (Å²) in [6.45, 7) is 6.54. The van der Waals surface area contributed by atoms with Gasteiger partial charge in [0.15, 0.2) is 6.10 Å². The van der Waals surface area contributed by atoms with Gasteiger partial charge in [-0.15, -0.1) is 0 Å². The number of allylic oxidation sites excluding steroid dienone is 2. The Morgan fingerprint density at radius 1 is 0.388 bits per heavy atom. The first kappa shape index (κ1) is 47.1. The second kappa shape index (κ2) is 38.9. The Labute approximate surface area is 303 Å². The Hall–Kier alpha value is -1.85. The molecule has 0 radical (unpaired) electrons. The maximum Gasteiger partial charge on any atom is 0.306 e. The summed E-state index contributed by atoms with van der Waals surface area (Å²) in [7, 11) is 0. The Morgan fingerprint density at radius 2 is 0.673 bits per heavy atom. The van der Waals surface area contributed by atoms with Gasteiger partial charge in [0.25, 0.3) is 0 Å². The molecule has 0 aliphatic carbocycles. The van der Waals surface area contributed by atoms with Crippen molar-refractivity contribution in [1.29, 1.82) is 0 Å². The molecule has 0 fully saturated rings. The van der Waals surface area contributed by atoms with Gasteiger partial charge in [-0.1, -0.05) is 174 Å². The van der Waals surface area contributed by atoms with Crippen LogP contribution < -0.4 is 0 Å². The molecule has 0 aromatic carbocycles. The number of esters is 3. The van der Waals surface area contributed by atoms with Crippen LogP contribution in [-0.4, -0.2) is 37.2 Å². The van der Waals surface area contributed by atoms with E-state index in [1.807, 2.05) is 0 Å². The highest BCUT2D eigenvalue weighted by Crippen LogP contribution is 2.14. The highest BCUT2D eigenvalue weighted by molar-refractivity contribution is 5.71. The summed E-state index contributed by atoms with van der Waals surface area (Å²) in [6, 6.07) is 0. The number of rotatable bonds is 38.